The van der Waals surface area contributed by atoms with Crippen molar-refractivity contribution >= 4 is 5.82 Å². The number of allylic oxidation sites excluding steroid dienone is 1. The number of ether oxygens (including phenoxy) is 1. The van der Waals surface area contributed by atoms with Gasteiger partial charge in [0.2, 0.25) is 0 Å². The molecule has 0 amide bonds. The third-order valence-electron chi connectivity index (χ3n) is 3.17. The van der Waals surface area contributed by atoms with E-state index in [1.807, 2.05) is 41.2 Å². The Morgan fingerprint density at radius 3 is 3.00 bits per heavy atom. The summed E-state index contributed by atoms with van der Waals surface area (Å²) in [5.74, 6) is 1.91. The number of hydrogen-bond donors (Lipinski definition) is 1. The molecule has 1 aromatic carbocycles. The standard InChI is InChI=1S/C14H15N3O.H2/c1-10-13(11-6-3-4-7-12(11)18-2)16-17-9-5-8-15-14(10)17;/h3-8,15H,9H2,1-2H3;1H. The van der Waals surface area contributed by atoms with Crippen molar-refractivity contribution < 1.29 is 6.16 Å². The summed E-state index contributed by atoms with van der Waals surface area (Å²) in [6.45, 7) is 2.88. The predicted octanol–water partition coefficient (Wildman–Crippen LogP) is 3.05. The summed E-state index contributed by atoms with van der Waals surface area (Å²) in [4.78, 5) is 0. The van der Waals surface area contributed by atoms with Crippen LogP contribution in [0.5, 0.6) is 5.75 Å². The molecule has 0 aliphatic carbocycles. The first-order valence-corrected chi connectivity index (χ1v) is 5.93. The third-order valence-corrected chi connectivity index (χ3v) is 3.17. The molecule has 0 saturated carbocycles. The molecule has 2 heterocycles. The van der Waals surface area contributed by atoms with E-state index in [1.54, 1.807) is 7.11 Å². The number of nitrogens with one attached hydrogen (secondary N) is 1. The molecule has 4 nitrogen and oxygen atoms in total. The Morgan fingerprint density at radius 2 is 2.22 bits per heavy atom. The van der Waals surface area contributed by atoms with Gasteiger partial charge in [0.15, 0.2) is 0 Å². The van der Waals surface area contributed by atoms with Gasteiger partial charge in [-0.15, -0.1) is 0 Å². The van der Waals surface area contributed by atoms with Gasteiger partial charge in [-0.1, -0.05) is 12.1 Å². The molecule has 0 bridgehead atoms. The van der Waals surface area contributed by atoms with Crippen molar-refractivity contribution in [2.75, 3.05) is 12.4 Å². The van der Waals surface area contributed by atoms with Crippen molar-refractivity contribution in [1.29, 1.82) is 0 Å². The van der Waals surface area contributed by atoms with Crippen molar-refractivity contribution in [3.8, 4) is 17.0 Å². The fourth-order valence-electron chi connectivity index (χ4n) is 2.25. The average Bonchev–Trinajstić information content (AvgIpc) is 2.76. The monoisotopic (exact) mass is 243 g/mol. The van der Waals surface area contributed by atoms with Gasteiger partial charge in [-0.2, -0.15) is 5.10 Å². The molecule has 18 heavy (non-hydrogen) atoms. The van der Waals surface area contributed by atoms with Crippen LogP contribution >= 0.6 is 0 Å². The van der Waals surface area contributed by atoms with Crippen molar-refractivity contribution in [2.45, 2.75) is 13.5 Å². The first-order chi connectivity index (χ1) is 8.81. The van der Waals surface area contributed by atoms with Gasteiger partial charge in [0, 0.05) is 18.8 Å². The maximum atomic E-state index is 5.40. The summed E-state index contributed by atoms with van der Waals surface area (Å²) in [5.41, 5.74) is 3.14. The van der Waals surface area contributed by atoms with Crippen LogP contribution in [0.15, 0.2) is 36.5 Å². The predicted molar refractivity (Wildman–Crippen MR) is 73.8 cm³/mol. The number of rotatable bonds is 2. The van der Waals surface area contributed by atoms with E-state index in [9.17, 15) is 0 Å². The molecule has 1 N–H and O–H groups in total. The summed E-state index contributed by atoms with van der Waals surface area (Å²) in [5, 5.41) is 7.89. The van der Waals surface area contributed by atoms with Crippen LogP contribution in [0.1, 0.15) is 6.99 Å². The number of hydrogen-bond acceptors (Lipinski definition) is 3. The zero-order valence-corrected chi connectivity index (χ0v) is 10.5. The highest BCUT2D eigenvalue weighted by Gasteiger charge is 2.18. The second kappa shape index (κ2) is 4.22. The van der Waals surface area contributed by atoms with Crippen LogP contribution in [0.3, 0.4) is 0 Å². The summed E-state index contributed by atoms with van der Waals surface area (Å²) in [7, 11) is 1.68. The quantitative estimate of drug-likeness (QED) is 0.881. The number of nitrogens with zero attached hydrogens (tertiary/aromatic N) is 2. The van der Waals surface area contributed by atoms with E-state index in [0.29, 0.717) is 0 Å². The lowest BCUT2D eigenvalue weighted by molar-refractivity contribution is 0.416. The van der Waals surface area contributed by atoms with E-state index in [-0.39, 0.29) is 1.43 Å². The second-order valence-electron chi connectivity index (χ2n) is 4.25. The Kier molecular flexibility index (Phi) is 2.55. The van der Waals surface area contributed by atoms with Crippen LogP contribution in [0.4, 0.5) is 5.82 Å². The van der Waals surface area contributed by atoms with E-state index >= 15 is 0 Å². The molecule has 0 radical (unpaired) electrons. The Morgan fingerprint density at radius 1 is 1.39 bits per heavy atom. The summed E-state index contributed by atoms with van der Waals surface area (Å²) in [6, 6.07) is 7.96. The van der Waals surface area contributed by atoms with Crippen LogP contribution in [-0.4, -0.2) is 16.9 Å². The second-order valence-corrected chi connectivity index (χ2v) is 4.25. The van der Waals surface area contributed by atoms with Gasteiger partial charge >= 0.3 is 0 Å². The van der Waals surface area contributed by atoms with Crippen LogP contribution in [-0.2, 0) is 6.54 Å². The lowest BCUT2D eigenvalue weighted by Gasteiger charge is -2.09. The normalized spacial score (nSPS) is 13.0. The van der Waals surface area contributed by atoms with E-state index in [1.165, 1.54) is 0 Å². The van der Waals surface area contributed by atoms with Crippen LogP contribution in [0, 0.1) is 6.92 Å². The highest BCUT2D eigenvalue weighted by molar-refractivity contribution is 5.74. The molecule has 4 heteroatoms. The summed E-state index contributed by atoms with van der Waals surface area (Å²) >= 11 is 0. The van der Waals surface area contributed by atoms with Crippen LogP contribution < -0.4 is 10.1 Å². The van der Waals surface area contributed by atoms with Gasteiger partial charge in [-0.25, -0.2) is 4.68 Å². The highest BCUT2D eigenvalue weighted by Crippen LogP contribution is 2.34. The largest absolute Gasteiger partial charge is 0.496 e. The number of aromatic nitrogens is 2. The number of methoxy groups -OCH3 is 1. The third kappa shape index (κ3) is 1.57. The molecule has 0 fully saturated rings. The Balaban J connectivity index is 0.00000133. The molecular weight excluding hydrogens is 226 g/mol. The topological polar surface area (TPSA) is 39.1 Å². The Bertz CT molecular complexity index is 619. The van der Waals surface area contributed by atoms with Crippen molar-refractivity contribution in [3.05, 3.63) is 42.1 Å². The fourth-order valence-corrected chi connectivity index (χ4v) is 2.25. The minimum atomic E-state index is 0. The van der Waals surface area contributed by atoms with Gasteiger partial charge in [0.25, 0.3) is 0 Å². The molecule has 1 aliphatic rings. The smallest absolute Gasteiger partial charge is 0.132 e. The number of benzene rings is 1. The number of para-hydroxylation sites is 1. The highest BCUT2D eigenvalue weighted by atomic mass is 16.5. The van der Waals surface area contributed by atoms with Gasteiger partial charge in [-0.05, 0) is 25.1 Å². The Labute approximate surface area is 107 Å². The van der Waals surface area contributed by atoms with Crippen molar-refractivity contribution in [3.63, 3.8) is 0 Å². The molecule has 0 unspecified atom stereocenters. The molecule has 1 aromatic heterocycles. The van der Waals surface area contributed by atoms with Crippen LogP contribution in [0.25, 0.3) is 11.3 Å². The lowest BCUT2D eigenvalue weighted by Crippen LogP contribution is -2.08. The van der Waals surface area contributed by atoms with Crippen molar-refractivity contribution in [2.24, 2.45) is 0 Å². The van der Waals surface area contributed by atoms with E-state index < -0.39 is 0 Å². The van der Waals surface area contributed by atoms with E-state index in [4.69, 9.17) is 4.74 Å². The maximum Gasteiger partial charge on any atom is 0.132 e. The zero-order chi connectivity index (χ0) is 12.5. The van der Waals surface area contributed by atoms with Gasteiger partial charge in [0.05, 0.1) is 13.7 Å². The summed E-state index contributed by atoms with van der Waals surface area (Å²) < 4.78 is 7.37. The molecule has 94 valence electrons. The van der Waals surface area contributed by atoms with Gasteiger partial charge in [-0.3, -0.25) is 0 Å². The van der Waals surface area contributed by atoms with E-state index in [2.05, 4.69) is 17.3 Å². The first kappa shape index (κ1) is 10.9. The zero-order valence-electron chi connectivity index (χ0n) is 10.5. The molecule has 2 aromatic rings. The number of fused-ring (bicyclic) bond motifs is 1. The average molecular weight is 243 g/mol. The van der Waals surface area contributed by atoms with E-state index in [0.717, 1.165) is 34.9 Å². The Hall–Kier alpha value is -2.23. The van der Waals surface area contributed by atoms with Gasteiger partial charge in [0.1, 0.15) is 17.3 Å². The number of anilines is 1. The SMILES string of the molecule is COc1ccccc1-c1nn2c(c1C)NC=CC2.[HH]. The summed E-state index contributed by atoms with van der Waals surface area (Å²) in [6.07, 6.45) is 4.00. The first-order valence-electron chi connectivity index (χ1n) is 5.93. The van der Waals surface area contributed by atoms with Crippen molar-refractivity contribution in [1.82, 2.24) is 9.78 Å². The minimum absolute atomic E-state index is 0. The lowest BCUT2D eigenvalue weighted by atomic mass is 10.1. The molecular formula is C14H17N3O. The van der Waals surface area contributed by atoms with Crippen LogP contribution in [0.2, 0.25) is 0 Å². The molecule has 0 atom stereocenters. The molecule has 3 rings (SSSR count). The maximum absolute atomic E-state index is 5.40. The fraction of sp³-hybridized carbons (Fsp3) is 0.214. The van der Waals surface area contributed by atoms with Gasteiger partial charge < -0.3 is 10.1 Å². The molecule has 0 spiro atoms. The molecule has 0 saturated heterocycles. The molecule has 1 aliphatic heterocycles. The minimum Gasteiger partial charge on any atom is -0.496 e.